The molecule has 0 saturated heterocycles. The maximum absolute atomic E-state index is 12.2. The van der Waals surface area contributed by atoms with E-state index in [0.29, 0.717) is 17.8 Å². The van der Waals surface area contributed by atoms with Gasteiger partial charge in [0.2, 0.25) is 11.8 Å². The van der Waals surface area contributed by atoms with Gasteiger partial charge in [-0.15, -0.1) is 0 Å². The van der Waals surface area contributed by atoms with Gasteiger partial charge in [-0.2, -0.15) is 0 Å². The van der Waals surface area contributed by atoms with Gasteiger partial charge < -0.3 is 15.0 Å². The van der Waals surface area contributed by atoms with E-state index in [1.807, 2.05) is 4.90 Å². The lowest BCUT2D eigenvalue weighted by Crippen LogP contribution is -2.41. The topological polar surface area (TPSA) is 75.7 Å². The first-order valence-corrected chi connectivity index (χ1v) is 8.76. The molecule has 136 valence electrons. The fraction of sp³-hybridized carbons (Fsp3) is 0.526. The fourth-order valence-electron chi connectivity index (χ4n) is 3.28. The SMILES string of the molecule is COC(=O)c1cccc(NC(=O)CCN(C(C)=O)C2CCCCC2)c1. The summed E-state index contributed by atoms with van der Waals surface area (Å²) in [4.78, 5) is 37.5. The van der Waals surface area contributed by atoms with Crippen LogP contribution in [0.2, 0.25) is 0 Å². The van der Waals surface area contributed by atoms with Crippen molar-refractivity contribution in [3.63, 3.8) is 0 Å². The lowest BCUT2D eigenvalue weighted by atomic mass is 9.94. The Morgan fingerprint density at radius 2 is 1.92 bits per heavy atom. The second kappa shape index (κ2) is 9.20. The predicted octanol–water partition coefficient (Wildman–Crippen LogP) is 2.98. The molecular weight excluding hydrogens is 320 g/mol. The molecular formula is C19H26N2O4. The Hall–Kier alpha value is -2.37. The number of methoxy groups -OCH3 is 1. The number of amides is 2. The van der Waals surface area contributed by atoms with Crippen molar-refractivity contribution in [1.29, 1.82) is 0 Å². The first kappa shape index (κ1) is 19.0. The molecule has 1 N–H and O–H groups in total. The number of rotatable bonds is 6. The van der Waals surface area contributed by atoms with Gasteiger partial charge in [0.05, 0.1) is 12.7 Å². The summed E-state index contributed by atoms with van der Waals surface area (Å²) in [5.41, 5.74) is 0.924. The quantitative estimate of drug-likeness (QED) is 0.804. The zero-order valence-electron chi connectivity index (χ0n) is 14.9. The molecule has 1 saturated carbocycles. The van der Waals surface area contributed by atoms with E-state index < -0.39 is 5.97 Å². The summed E-state index contributed by atoms with van der Waals surface area (Å²) >= 11 is 0. The maximum atomic E-state index is 12.2. The summed E-state index contributed by atoms with van der Waals surface area (Å²) in [6.07, 6.45) is 5.77. The highest BCUT2D eigenvalue weighted by molar-refractivity contribution is 5.94. The van der Waals surface area contributed by atoms with Crippen LogP contribution in [-0.4, -0.2) is 42.4 Å². The van der Waals surface area contributed by atoms with E-state index in [-0.39, 0.29) is 24.3 Å². The first-order valence-electron chi connectivity index (χ1n) is 8.76. The molecule has 0 radical (unpaired) electrons. The highest BCUT2D eigenvalue weighted by atomic mass is 16.5. The van der Waals surface area contributed by atoms with Crippen molar-refractivity contribution in [1.82, 2.24) is 4.90 Å². The second-order valence-electron chi connectivity index (χ2n) is 6.37. The average Bonchev–Trinajstić information content (AvgIpc) is 2.62. The molecule has 1 aliphatic carbocycles. The van der Waals surface area contributed by atoms with Crippen molar-refractivity contribution in [3.8, 4) is 0 Å². The van der Waals surface area contributed by atoms with Crippen molar-refractivity contribution < 1.29 is 19.1 Å². The van der Waals surface area contributed by atoms with Gasteiger partial charge in [-0.25, -0.2) is 4.79 Å². The Labute approximate surface area is 148 Å². The number of nitrogens with zero attached hydrogens (tertiary/aromatic N) is 1. The first-order chi connectivity index (χ1) is 12.0. The highest BCUT2D eigenvalue weighted by Gasteiger charge is 2.23. The zero-order chi connectivity index (χ0) is 18.2. The summed E-state index contributed by atoms with van der Waals surface area (Å²) < 4.78 is 4.67. The summed E-state index contributed by atoms with van der Waals surface area (Å²) in [5.74, 6) is -0.604. The molecule has 2 amide bonds. The number of anilines is 1. The van der Waals surface area contributed by atoms with Crippen LogP contribution < -0.4 is 5.32 Å². The molecule has 0 atom stereocenters. The molecule has 6 heteroatoms. The van der Waals surface area contributed by atoms with Gasteiger partial charge in [0, 0.05) is 31.6 Å². The summed E-state index contributed by atoms with van der Waals surface area (Å²) in [6.45, 7) is 1.98. The molecule has 1 aliphatic rings. The number of esters is 1. The maximum Gasteiger partial charge on any atom is 0.337 e. The molecule has 2 rings (SSSR count). The van der Waals surface area contributed by atoms with Crippen molar-refractivity contribution in [2.24, 2.45) is 0 Å². The summed E-state index contributed by atoms with van der Waals surface area (Å²) in [7, 11) is 1.31. The van der Waals surface area contributed by atoms with Gasteiger partial charge in [0.15, 0.2) is 0 Å². The number of hydrogen-bond donors (Lipinski definition) is 1. The molecule has 0 heterocycles. The normalized spacial score (nSPS) is 14.6. The van der Waals surface area contributed by atoms with Crippen LogP contribution in [0.4, 0.5) is 5.69 Å². The Balaban J connectivity index is 1.90. The molecule has 25 heavy (non-hydrogen) atoms. The predicted molar refractivity (Wildman–Crippen MR) is 95.3 cm³/mol. The van der Waals surface area contributed by atoms with E-state index in [1.54, 1.807) is 31.2 Å². The van der Waals surface area contributed by atoms with Crippen molar-refractivity contribution >= 4 is 23.5 Å². The van der Waals surface area contributed by atoms with Crippen LogP contribution in [0, 0.1) is 0 Å². The molecule has 0 unspecified atom stereocenters. The number of nitrogens with one attached hydrogen (secondary N) is 1. The van der Waals surface area contributed by atoms with Crippen LogP contribution in [0.3, 0.4) is 0 Å². The molecule has 1 aromatic carbocycles. The molecule has 1 fully saturated rings. The monoisotopic (exact) mass is 346 g/mol. The van der Waals surface area contributed by atoms with Gasteiger partial charge in [-0.05, 0) is 31.0 Å². The largest absolute Gasteiger partial charge is 0.465 e. The second-order valence-corrected chi connectivity index (χ2v) is 6.37. The Bertz CT molecular complexity index is 624. The van der Waals surface area contributed by atoms with E-state index in [2.05, 4.69) is 10.1 Å². The van der Waals surface area contributed by atoms with Crippen LogP contribution in [0.5, 0.6) is 0 Å². The van der Waals surface area contributed by atoms with E-state index in [4.69, 9.17) is 0 Å². The van der Waals surface area contributed by atoms with Gasteiger partial charge in [-0.1, -0.05) is 25.3 Å². The lowest BCUT2D eigenvalue weighted by Gasteiger charge is -2.33. The lowest BCUT2D eigenvalue weighted by molar-refractivity contribution is -0.132. The Kier molecular flexibility index (Phi) is 6.98. The third kappa shape index (κ3) is 5.59. The fourth-order valence-corrected chi connectivity index (χ4v) is 3.28. The third-order valence-electron chi connectivity index (χ3n) is 4.57. The average molecular weight is 346 g/mol. The standard InChI is InChI=1S/C19H26N2O4/c1-14(22)21(17-9-4-3-5-10-17)12-11-18(23)20-16-8-6-7-15(13-16)19(24)25-2/h6-8,13,17H,3-5,9-12H2,1-2H3,(H,20,23). The zero-order valence-corrected chi connectivity index (χ0v) is 14.9. The van der Waals surface area contributed by atoms with Crippen molar-refractivity contribution in [3.05, 3.63) is 29.8 Å². The minimum absolute atomic E-state index is 0.0207. The molecule has 0 bridgehead atoms. The van der Waals surface area contributed by atoms with Crippen LogP contribution in [0.1, 0.15) is 55.8 Å². The van der Waals surface area contributed by atoms with Crippen molar-refractivity contribution in [2.45, 2.75) is 51.5 Å². The molecule has 0 aliphatic heterocycles. The molecule has 1 aromatic rings. The number of ether oxygens (including phenoxy) is 1. The van der Waals surface area contributed by atoms with E-state index in [9.17, 15) is 14.4 Å². The number of benzene rings is 1. The van der Waals surface area contributed by atoms with Gasteiger partial charge in [-0.3, -0.25) is 9.59 Å². The van der Waals surface area contributed by atoms with E-state index >= 15 is 0 Å². The number of hydrogen-bond acceptors (Lipinski definition) is 4. The summed E-state index contributed by atoms with van der Waals surface area (Å²) in [5, 5.41) is 2.77. The van der Waals surface area contributed by atoms with Gasteiger partial charge >= 0.3 is 5.97 Å². The van der Waals surface area contributed by atoms with E-state index in [0.717, 1.165) is 25.7 Å². The Morgan fingerprint density at radius 1 is 1.20 bits per heavy atom. The highest BCUT2D eigenvalue weighted by Crippen LogP contribution is 2.23. The van der Waals surface area contributed by atoms with E-state index in [1.165, 1.54) is 13.5 Å². The minimum Gasteiger partial charge on any atom is -0.465 e. The minimum atomic E-state index is -0.448. The van der Waals surface area contributed by atoms with Crippen LogP contribution in [0.25, 0.3) is 0 Å². The Morgan fingerprint density at radius 3 is 2.56 bits per heavy atom. The van der Waals surface area contributed by atoms with Crippen LogP contribution in [0.15, 0.2) is 24.3 Å². The third-order valence-corrected chi connectivity index (χ3v) is 4.57. The number of carbonyl (C=O) groups is 3. The smallest absolute Gasteiger partial charge is 0.337 e. The molecule has 6 nitrogen and oxygen atoms in total. The molecule has 0 spiro atoms. The van der Waals surface area contributed by atoms with Gasteiger partial charge in [0.1, 0.15) is 0 Å². The van der Waals surface area contributed by atoms with Crippen LogP contribution >= 0.6 is 0 Å². The molecule has 0 aromatic heterocycles. The number of carbonyl (C=O) groups excluding carboxylic acids is 3. The van der Waals surface area contributed by atoms with Crippen molar-refractivity contribution in [2.75, 3.05) is 19.0 Å². The van der Waals surface area contributed by atoms with Gasteiger partial charge in [0.25, 0.3) is 0 Å². The van der Waals surface area contributed by atoms with Crippen LogP contribution in [-0.2, 0) is 14.3 Å². The summed E-state index contributed by atoms with van der Waals surface area (Å²) in [6, 6.07) is 6.86.